The summed E-state index contributed by atoms with van der Waals surface area (Å²) in [6.45, 7) is 0. The number of carboxylic acid groups (broad SMARTS) is 1. The largest absolute Gasteiger partial charge is 0.478 e. The van der Waals surface area contributed by atoms with Crippen LogP contribution >= 0.6 is 0 Å². The van der Waals surface area contributed by atoms with Gasteiger partial charge in [0.1, 0.15) is 5.92 Å². The standard InChI is InChI=1S/C8H8N2O5/c11-5(12)3-1-2-4-6(13)9-8(15)10-7(4)14/h1,3-4H,2H2,(H,11,12)(H2,9,10,13,14,15). The maximum Gasteiger partial charge on any atom is 0.328 e. The Morgan fingerprint density at radius 1 is 1.27 bits per heavy atom. The Hall–Kier alpha value is -2.18. The number of imide groups is 2. The number of hydrogen-bond donors (Lipinski definition) is 3. The van der Waals surface area contributed by atoms with Gasteiger partial charge in [0.05, 0.1) is 0 Å². The van der Waals surface area contributed by atoms with E-state index in [4.69, 9.17) is 5.11 Å². The van der Waals surface area contributed by atoms with Crippen molar-refractivity contribution >= 4 is 23.8 Å². The van der Waals surface area contributed by atoms with Gasteiger partial charge in [-0.2, -0.15) is 0 Å². The predicted molar refractivity (Wildman–Crippen MR) is 46.6 cm³/mol. The molecule has 0 spiro atoms. The highest BCUT2D eigenvalue weighted by Gasteiger charge is 2.32. The van der Waals surface area contributed by atoms with Gasteiger partial charge in [-0.1, -0.05) is 6.08 Å². The fraction of sp³-hybridized carbons (Fsp3) is 0.250. The highest BCUT2D eigenvalue weighted by molar-refractivity contribution is 6.16. The lowest BCUT2D eigenvalue weighted by atomic mass is 10.0. The van der Waals surface area contributed by atoms with Crippen LogP contribution in [-0.2, 0) is 14.4 Å². The number of amides is 4. The van der Waals surface area contributed by atoms with Gasteiger partial charge in [-0.3, -0.25) is 20.2 Å². The Kier molecular flexibility index (Phi) is 3.17. The fourth-order valence-electron chi connectivity index (χ4n) is 1.07. The highest BCUT2D eigenvalue weighted by Crippen LogP contribution is 2.07. The van der Waals surface area contributed by atoms with Crippen molar-refractivity contribution in [2.75, 3.05) is 0 Å². The second-order valence-corrected chi connectivity index (χ2v) is 2.84. The molecular formula is C8H8N2O5. The Morgan fingerprint density at radius 2 is 1.80 bits per heavy atom. The predicted octanol–water partition coefficient (Wildman–Crippen LogP) is -1.00. The molecule has 0 saturated carbocycles. The summed E-state index contributed by atoms with van der Waals surface area (Å²) in [5, 5.41) is 12.1. The summed E-state index contributed by atoms with van der Waals surface area (Å²) in [6, 6.07) is -0.858. The van der Waals surface area contributed by atoms with E-state index in [9.17, 15) is 19.2 Å². The number of aliphatic carboxylic acids is 1. The molecule has 0 radical (unpaired) electrons. The van der Waals surface area contributed by atoms with Gasteiger partial charge in [-0.25, -0.2) is 9.59 Å². The monoisotopic (exact) mass is 212 g/mol. The van der Waals surface area contributed by atoms with Crippen LogP contribution in [0, 0.1) is 5.92 Å². The van der Waals surface area contributed by atoms with E-state index in [1.165, 1.54) is 6.08 Å². The molecule has 1 rings (SSSR count). The summed E-state index contributed by atoms with van der Waals surface area (Å²) in [7, 11) is 0. The van der Waals surface area contributed by atoms with Crippen molar-refractivity contribution in [1.82, 2.24) is 10.6 Å². The van der Waals surface area contributed by atoms with Crippen molar-refractivity contribution in [3.05, 3.63) is 12.2 Å². The van der Waals surface area contributed by atoms with Crippen molar-refractivity contribution in [3.63, 3.8) is 0 Å². The van der Waals surface area contributed by atoms with Gasteiger partial charge >= 0.3 is 12.0 Å². The zero-order chi connectivity index (χ0) is 11.4. The third kappa shape index (κ3) is 2.90. The number of carboxylic acids is 1. The minimum Gasteiger partial charge on any atom is -0.478 e. The maximum absolute atomic E-state index is 11.1. The van der Waals surface area contributed by atoms with E-state index in [1.807, 2.05) is 10.6 Å². The molecule has 4 amide bonds. The number of carbonyl (C=O) groups excluding carboxylic acids is 3. The summed E-state index contributed by atoms with van der Waals surface area (Å²) in [5.41, 5.74) is 0. The molecule has 0 aromatic heterocycles. The molecule has 1 aliphatic rings. The minimum atomic E-state index is -1.16. The average Bonchev–Trinajstić information content (AvgIpc) is 2.08. The molecule has 1 heterocycles. The van der Waals surface area contributed by atoms with Crippen LogP contribution in [0.25, 0.3) is 0 Å². The molecule has 7 nitrogen and oxygen atoms in total. The molecule has 0 aromatic carbocycles. The van der Waals surface area contributed by atoms with Gasteiger partial charge in [-0.05, 0) is 6.42 Å². The first kappa shape index (κ1) is 10.9. The first-order chi connectivity index (χ1) is 7.00. The van der Waals surface area contributed by atoms with E-state index >= 15 is 0 Å². The van der Waals surface area contributed by atoms with Crippen molar-refractivity contribution in [2.45, 2.75) is 6.42 Å². The van der Waals surface area contributed by atoms with Crippen molar-refractivity contribution < 1.29 is 24.3 Å². The number of allylic oxidation sites excluding steroid dienone is 1. The molecular weight excluding hydrogens is 204 g/mol. The molecule has 15 heavy (non-hydrogen) atoms. The van der Waals surface area contributed by atoms with E-state index in [2.05, 4.69) is 0 Å². The zero-order valence-electron chi connectivity index (χ0n) is 7.52. The number of carbonyl (C=O) groups is 4. The van der Waals surface area contributed by atoms with Crippen LogP contribution in [-0.4, -0.2) is 28.9 Å². The molecule has 0 aliphatic carbocycles. The van der Waals surface area contributed by atoms with Crippen LogP contribution in [0.4, 0.5) is 4.79 Å². The van der Waals surface area contributed by atoms with Gasteiger partial charge in [0.15, 0.2) is 0 Å². The Labute approximate surface area is 84.1 Å². The lowest BCUT2D eigenvalue weighted by Crippen LogP contribution is -2.55. The van der Waals surface area contributed by atoms with Crippen LogP contribution in [0.15, 0.2) is 12.2 Å². The first-order valence-corrected chi connectivity index (χ1v) is 4.06. The summed E-state index contributed by atoms with van der Waals surface area (Å²) in [4.78, 5) is 43.0. The molecule has 0 aromatic rings. The second kappa shape index (κ2) is 4.36. The van der Waals surface area contributed by atoms with Crippen LogP contribution in [0.3, 0.4) is 0 Å². The fourth-order valence-corrected chi connectivity index (χ4v) is 1.07. The number of urea groups is 1. The van der Waals surface area contributed by atoms with Gasteiger partial charge in [0.25, 0.3) is 0 Å². The topological polar surface area (TPSA) is 113 Å². The van der Waals surface area contributed by atoms with Gasteiger partial charge in [-0.15, -0.1) is 0 Å². The Bertz CT molecular complexity index is 340. The Morgan fingerprint density at radius 3 is 2.27 bits per heavy atom. The van der Waals surface area contributed by atoms with Crippen LogP contribution < -0.4 is 10.6 Å². The number of hydrogen-bond acceptors (Lipinski definition) is 4. The van der Waals surface area contributed by atoms with Crippen molar-refractivity contribution in [2.24, 2.45) is 5.92 Å². The number of barbiturate groups is 1. The third-order valence-electron chi connectivity index (χ3n) is 1.74. The maximum atomic E-state index is 11.1. The van der Waals surface area contributed by atoms with Crippen LogP contribution in [0.5, 0.6) is 0 Å². The summed E-state index contributed by atoms with van der Waals surface area (Å²) >= 11 is 0. The number of rotatable bonds is 3. The molecule has 80 valence electrons. The lowest BCUT2D eigenvalue weighted by Gasteiger charge is -2.18. The van der Waals surface area contributed by atoms with E-state index < -0.39 is 29.7 Å². The highest BCUT2D eigenvalue weighted by atomic mass is 16.4. The second-order valence-electron chi connectivity index (χ2n) is 2.84. The van der Waals surface area contributed by atoms with Crippen LogP contribution in [0.1, 0.15) is 6.42 Å². The lowest BCUT2D eigenvalue weighted by molar-refractivity contribution is -0.136. The van der Waals surface area contributed by atoms with E-state index in [-0.39, 0.29) is 6.42 Å². The summed E-state index contributed by atoms with van der Waals surface area (Å²) < 4.78 is 0. The van der Waals surface area contributed by atoms with E-state index in [0.717, 1.165) is 6.08 Å². The third-order valence-corrected chi connectivity index (χ3v) is 1.74. The molecule has 0 bridgehead atoms. The van der Waals surface area contributed by atoms with Gasteiger partial charge in [0.2, 0.25) is 11.8 Å². The molecule has 1 fully saturated rings. The van der Waals surface area contributed by atoms with Crippen molar-refractivity contribution in [1.29, 1.82) is 0 Å². The quantitative estimate of drug-likeness (QED) is 0.410. The molecule has 1 aliphatic heterocycles. The Balaban J connectivity index is 2.61. The van der Waals surface area contributed by atoms with Crippen molar-refractivity contribution in [3.8, 4) is 0 Å². The van der Waals surface area contributed by atoms with Gasteiger partial charge in [0, 0.05) is 6.08 Å². The summed E-state index contributed by atoms with van der Waals surface area (Å²) in [6.07, 6.45) is 1.95. The normalized spacial score (nSPS) is 17.7. The SMILES string of the molecule is O=C(O)C=CCC1C(=O)NC(=O)NC1=O. The first-order valence-electron chi connectivity index (χ1n) is 4.06. The van der Waals surface area contributed by atoms with Gasteiger partial charge < -0.3 is 5.11 Å². The molecule has 3 N–H and O–H groups in total. The molecule has 7 heteroatoms. The van der Waals surface area contributed by atoms with Crippen LogP contribution in [0.2, 0.25) is 0 Å². The molecule has 1 saturated heterocycles. The average molecular weight is 212 g/mol. The molecule has 0 atom stereocenters. The van der Waals surface area contributed by atoms with E-state index in [1.54, 1.807) is 0 Å². The zero-order valence-corrected chi connectivity index (χ0v) is 7.52. The van der Waals surface area contributed by atoms with E-state index in [0.29, 0.717) is 0 Å². The smallest absolute Gasteiger partial charge is 0.328 e. The number of nitrogens with one attached hydrogen (secondary N) is 2. The summed E-state index contributed by atoms with van der Waals surface area (Å²) in [5.74, 6) is -3.67. The minimum absolute atomic E-state index is 0.0583. The molecule has 0 unspecified atom stereocenters.